The monoisotopic (exact) mass is 434 g/mol. The standard InChI is InChI=1S/C22H27ClN2O3S/c1-17(18-9-5-4-6-10-18)16-24-22(26)19-11-12-20(23)21(15-19)29(27,28)25-13-7-2-3-8-14-25/h4-6,9-12,15,17H,2-3,7-8,13-14,16H2,1H3,(H,24,26). The lowest BCUT2D eigenvalue weighted by molar-refractivity contribution is 0.0951. The Balaban J connectivity index is 1.75. The van der Waals surface area contributed by atoms with Crippen LogP contribution in [-0.4, -0.2) is 38.3 Å². The zero-order valence-corrected chi connectivity index (χ0v) is 18.2. The van der Waals surface area contributed by atoms with Crippen LogP contribution in [0.5, 0.6) is 0 Å². The molecule has 1 unspecified atom stereocenters. The van der Waals surface area contributed by atoms with Crippen LogP contribution in [0.15, 0.2) is 53.4 Å². The fourth-order valence-electron chi connectivity index (χ4n) is 3.51. The highest BCUT2D eigenvalue weighted by atomic mass is 35.5. The number of nitrogens with one attached hydrogen (secondary N) is 1. The van der Waals surface area contributed by atoms with E-state index in [0.29, 0.717) is 25.2 Å². The second kappa shape index (κ2) is 9.74. The Labute approximate surface area is 178 Å². The number of amides is 1. The predicted octanol–water partition coefficient (Wildman–Crippen LogP) is 4.44. The van der Waals surface area contributed by atoms with E-state index in [9.17, 15) is 13.2 Å². The average molecular weight is 435 g/mol. The number of sulfonamides is 1. The minimum atomic E-state index is -3.72. The van der Waals surface area contributed by atoms with Gasteiger partial charge in [0.25, 0.3) is 5.91 Å². The van der Waals surface area contributed by atoms with Crippen molar-refractivity contribution < 1.29 is 13.2 Å². The third-order valence-electron chi connectivity index (χ3n) is 5.31. The summed E-state index contributed by atoms with van der Waals surface area (Å²) in [5.41, 5.74) is 1.43. The molecule has 0 radical (unpaired) electrons. The Morgan fingerprint density at radius 1 is 1.07 bits per heavy atom. The van der Waals surface area contributed by atoms with Crippen LogP contribution in [0.3, 0.4) is 0 Å². The van der Waals surface area contributed by atoms with E-state index in [4.69, 9.17) is 11.6 Å². The predicted molar refractivity (Wildman–Crippen MR) is 116 cm³/mol. The van der Waals surface area contributed by atoms with E-state index < -0.39 is 10.0 Å². The van der Waals surface area contributed by atoms with Crippen molar-refractivity contribution in [2.45, 2.75) is 43.4 Å². The Kier molecular flexibility index (Phi) is 7.33. The Hall–Kier alpha value is -1.89. The molecule has 2 aromatic carbocycles. The molecular formula is C22H27ClN2O3S. The van der Waals surface area contributed by atoms with Gasteiger partial charge in [-0.15, -0.1) is 0 Å². The number of carbonyl (C=O) groups excluding carboxylic acids is 1. The van der Waals surface area contributed by atoms with Crippen molar-refractivity contribution in [1.82, 2.24) is 9.62 Å². The Bertz CT molecular complexity index is 940. The number of rotatable bonds is 6. The van der Waals surface area contributed by atoms with Gasteiger partial charge < -0.3 is 5.32 Å². The summed E-state index contributed by atoms with van der Waals surface area (Å²) in [6.07, 6.45) is 3.74. The molecule has 1 aliphatic heterocycles. The summed E-state index contributed by atoms with van der Waals surface area (Å²) in [5, 5.41) is 3.04. The maximum Gasteiger partial charge on any atom is 0.251 e. The first-order valence-corrected chi connectivity index (χ1v) is 11.8. The maximum atomic E-state index is 13.1. The molecule has 1 saturated heterocycles. The Morgan fingerprint density at radius 3 is 2.38 bits per heavy atom. The van der Waals surface area contributed by atoms with Crippen LogP contribution < -0.4 is 5.32 Å². The summed E-state index contributed by atoms with van der Waals surface area (Å²) in [7, 11) is -3.72. The van der Waals surface area contributed by atoms with Crippen molar-refractivity contribution in [2.75, 3.05) is 19.6 Å². The van der Waals surface area contributed by atoms with Crippen molar-refractivity contribution in [3.8, 4) is 0 Å². The van der Waals surface area contributed by atoms with Crippen LogP contribution in [0, 0.1) is 0 Å². The van der Waals surface area contributed by atoms with Gasteiger partial charge in [0, 0.05) is 25.2 Å². The van der Waals surface area contributed by atoms with Gasteiger partial charge in [-0.3, -0.25) is 4.79 Å². The van der Waals surface area contributed by atoms with Crippen molar-refractivity contribution in [3.05, 3.63) is 64.7 Å². The lowest BCUT2D eigenvalue weighted by Crippen LogP contribution is -2.32. The quantitative estimate of drug-likeness (QED) is 0.730. The molecule has 29 heavy (non-hydrogen) atoms. The average Bonchev–Trinajstić information content (AvgIpc) is 3.03. The summed E-state index contributed by atoms with van der Waals surface area (Å²) in [6, 6.07) is 14.4. The number of hydrogen-bond donors (Lipinski definition) is 1. The first-order valence-electron chi connectivity index (χ1n) is 10.0. The third-order valence-corrected chi connectivity index (χ3v) is 7.69. The van der Waals surface area contributed by atoms with Gasteiger partial charge in [0.15, 0.2) is 0 Å². The largest absolute Gasteiger partial charge is 0.351 e. The molecule has 5 nitrogen and oxygen atoms in total. The molecule has 0 saturated carbocycles. The van der Waals surface area contributed by atoms with Crippen molar-refractivity contribution in [3.63, 3.8) is 0 Å². The van der Waals surface area contributed by atoms with E-state index >= 15 is 0 Å². The normalized spacial score (nSPS) is 16.8. The van der Waals surface area contributed by atoms with Crippen LogP contribution in [0.1, 0.15) is 54.4 Å². The number of nitrogens with zero attached hydrogens (tertiary/aromatic N) is 1. The molecule has 1 fully saturated rings. The summed E-state index contributed by atoms with van der Waals surface area (Å²) in [4.78, 5) is 12.6. The fourth-order valence-corrected chi connectivity index (χ4v) is 5.53. The van der Waals surface area contributed by atoms with Gasteiger partial charge in [-0.2, -0.15) is 4.31 Å². The highest BCUT2D eigenvalue weighted by Crippen LogP contribution is 2.27. The molecule has 1 N–H and O–H groups in total. The lowest BCUT2D eigenvalue weighted by Gasteiger charge is -2.21. The zero-order valence-electron chi connectivity index (χ0n) is 16.6. The molecule has 2 aromatic rings. The molecule has 0 aliphatic carbocycles. The smallest absolute Gasteiger partial charge is 0.251 e. The molecule has 0 spiro atoms. The van der Waals surface area contributed by atoms with Gasteiger partial charge in [0.2, 0.25) is 10.0 Å². The highest BCUT2D eigenvalue weighted by Gasteiger charge is 2.28. The molecular weight excluding hydrogens is 408 g/mol. The minimum absolute atomic E-state index is 0.00447. The topological polar surface area (TPSA) is 66.5 Å². The van der Waals surface area contributed by atoms with Crippen LogP contribution in [0.25, 0.3) is 0 Å². The Morgan fingerprint density at radius 2 is 1.72 bits per heavy atom. The van der Waals surface area contributed by atoms with E-state index in [2.05, 4.69) is 5.32 Å². The minimum Gasteiger partial charge on any atom is -0.351 e. The molecule has 7 heteroatoms. The number of carbonyl (C=O) groups is 1. The zero-order chi connectivity index (χ0) is 20.9. The molecule has 1 aliphatic rings. The van der Waals surface area contributed by atoms with Crippen molar-refractivity contribution in [1.29, 1.82) is 0 Å². The second-order valence-electron chi connectivity index (χ2n) is 7.49. The van der Waals surface area contributed by atoms with E-state index in [0.717, 1.165) is 31.2 Å². The van der Waals surface area contributed by atoms with Crippen LogP contribution >= 0.6 is 11.6 Å². The molecule has 0 bridgehead atoms. The van der Waals surface area contributed by atoms with Gasteiger partial charge in [-0.25, -0.2) is 8.42 Å². The first-order chi connectivity index (χ1) is 13.9. The SMILES string of the molecule is CC(CNC(=O)c1ccc(Cl)c(S(=O)(=O)N2CCCCCC2)c1)c1ccccc1. The van der Waals surface area contributed by atoms with Gasteiger partial charge in [-0.05, 0) is 42.5 Å². The van der Waals surface area contributed by atoms with Gasteiger partial charge in [0.05, 0.1) is 5.02 Å². The molecule has 1 atom stereocenters. The van der Waals surface area contributed by atoms with E-state index in [1.54, 1.807) is 6.07 Å². The van der Waals surface area contributed by atoms with Gasteiger partial charge in [0.1, 0.15) is 4.90 Å². The second-order valence-corrected chi connectivity index (χ2v) is 9.80. The number of hydrogen-bond acceptors (Lipinski definition) is 3. The summed E-state index contributed by atoms with van der Waals surface area (Å²) in [5.74, 6) is -0.162. The summed E-state index contributed by atoms with van der Waals surface area (Å²) < 4.78 is 27.7. The van der Waals surface area contributed by atoms with E-state index in [-0.39, 0.29) is 21.7 Å². The number of benzene rings is 2. The van der Waals surface area contributed by atoms with Crippen molar-refractivity contribution in [2.24, 2.45) is 0 Å². The summed E-state index contributed by atoms with van der Waals surface area (Å²) >= 11 is 6.22. The molecule has 1 heterocycles. The maximum absolute atomic E-state index is 13.1. The highest BCUT2D eigenvalue weighted by molar-refractivity contribution is 7.89. The molecule has 156 valence electrons. The van der Waals surface area contributed by atoms with Crippen LogP contribution in [0.2, 0.25) is 5.02 Å². The van der Waals surface area contributed by atoms with Gasteiger partial charge in [-0.1, -0.05) is 61.7 Å². The van der Waals surface area contributed by atoms with Crippen LogP contribution in [0.4, 0.5) is 0 Å². The molecule has 0 aromatic heterocycles. The first kappa shape index (κ1) is 21.8. The number of halogens is 1. The van der Waals surface area contributed by atoms with E-state index in [1.165, 1.54) is 16.4 Å². The van der Waals surface area contributed by atoms with Gasteiger partial charge >= 0.3 is 0 Å². The van der Waals surface area contributed by atoms with E-state index in [1.807, 2.05) is 37.3 Å². The third kappa shape index (κ3) is 5.38. The van der Waals surface area contributed by atoms with Crippen molar-refractivity contribution >= 4 is 27.5 Å². The molecule has 3 rings (SSSR count). The molecule has 1 amide bonds. The fraction of sp³-hybridized carbons (Fsp3) is 0.409. The van der Waals surface area contributed by atoms with Crippen LogP contribution in [-0.2, 0) is 10.0 Å². The summed E-state index contributed by atoms with van der Waals surface area (Å²) in [6.45, 7) is 3.47. The lowest BCUT2D eigenvalue weighted by atomic mass is 10.0.